The molecular weight excluding hydrogens is 449 g/mol. The number of benzene rings is 3. The van der Waals surface area contributed by atoms with Gasteiger partial charge in [0.1, 0.15) is 5.82 Å². The Kier molecular flexibility index (Phi) is 7.19. The Balaban J connectivity index is 1.62. The van der Waals surface area contributed by atoms with Crippen molar-refractivity contribution >= 4 is 17.6 Å². The Hall–Kier alpha value is -4.07. The number of rotatable bonds is 6. The van der Waals surface area contributed by atoms with Crippen LogP contribution in [0.5, 0.6) is 11.5 Å². The Bertz CT molecular complexity index is 1230. The molecule has 0 aliphatic carbocycles. The van der Waals surface area contributed by atoms with Gasteiger partial charge in [0.2, 0.25) is 0 Å². The lowest BCUT2D eigenvalue weighted by Gasteiger charge is -2.38. The number of methoxy groups -OCH3 is 2. The van der Waals surface area contributed by atoms with Gasteiger partial charge in [-0.15, -0.1) is 0 Å². The van der Waals surface area contributed by atoms with Crippen molar-refractivity contribution < 1.29 is 23.5 Å². The SMILES string of the molecule is COc1cc2c(cc1OC)C(CNC(=O)c1cccc(F)c1)N(C(=O)Nc1ccc(C)cc1)CC2. The first-order valence-electron chi connectivity index (χ1n) is 11.3. The van der Waals surface area contributed by atoms with E-state index in [1.807, 2.05) is 43.3 Å². The summed E-state index contributed by atoms with van der Waals surface area (Å²) in [4.78, 5) is 27.7. The second-order valence-electron chi connectivity index (χ2n) is 8.38. The summed E-state index contributed by atoms with van der Waals surface area (Å²) in [5, 5.41) is 5.81. The fraction of sp³-hybridized carbons (Fsp3) is 0.259. The minimum Gasteiger partial charge on any atom is -0.493 e. The molecule has 0 saturated carbocycles. The number of amides is 3. The maximum Gasteiger partial charge on any atom is 0.322 e. The molecule has 0 aromatic heterocycles. The highest BCUT2D eigenvalue weighted by Gasteiger charge is 2.32. The summed E-state index contributed by atoms with van der Waals surface area (Å²) in [6, 6.07) is 16.0. The third kappa shape index (κ3) is 5.37. The van der Waals surface area contributed by atoms with Crippen LogP contribution in [0, 0.1) is 12.7 Å². The molecule has 2 N–H and O–H groups in total. The van der Waals surface area contributed by atoms with Crippen LogP contribution in [0.4, 0.5) is 14.9 Å². The lowest BCUT2D eigenvalue weighted by atomic mass is 9.91. The van der Waals surface area contributed by atoms with Gasteiger partial charge >= 0.3 is 6.03 Å². The molecule has 35 heavy (non-hydrogen) atoms. The number of aryl methyl sites for hydroxylation is 1. The molecule has 3 aromatic carbocycles. The minimum absolute atomic E-state index is 0.138. The molecule has 4 rings (SSSR count). The van der Waals surface area contributed by atoms with Gasteiger partial charge in [-0.3, -0.25) is 4.79 Å². The van der Waals surface area contributed by atoms with Gasteiger partial charge in [0, 0.05) is 24.3 Å². The predicted molar refractivity (Wildman–Crippen MR) is 132 cm³/mol. The average Bonchev–Trinajstić information content (AvgIpc) is 2.87. The second kappa shape index (κ2) is 10.5. The summed E-state index contributed by atoms with van der Waals surface area (Å²) >= 11 is 0. The Morgan fingerprint density at radius 2 is 1.74 bits per heavy atom. The highest BCUT2D eigenvalue weighted by molar-refractivity contribution is 5.94. The van der Waals surface area contributed by atoms with Gasteiger partial charge in [0.25, 0.3) is 5.91 Å². The number of hydrogen-bond donors (Lipinski definition) is 2. The van der Waals surface area contributed by atoms with Crippen molar-refractivity contribution in [1.82, 2.24) is 10.2 Å². The first kappa shape index (κ1) is 24.1. The molecule has 0 saturated heterocycles. The normalized spacial score (nSPS) is 14.6. The van der Waals surface area contributed by atoms with E-state index in [0.29, 0.717) is 30.2 Å². The van der Waals surface area contributed by atoms with Gasteiger partial charge < -0.3 is 25.0 Å². The van der Waals surface area contributed by atoms with E-state index >= 15 is 0 Å². The van der Waals surface area contributed by atoms with Crippen molar-refractivity contribution in [2.24, 2.45) is 0 Å². The van der Waals surface area contributed by atoms with Crippen molar-refractivity contribution in [3.63, 3.8) is 0 Å². The molecule has 1 unspecified atom stereocenters. The summed E-state index contributed by atoms with van der Waals surface area (Å²) in [5.74, 6) is 0.229. The van der Waals surface area contributed by atoms with Crippen LogP contribution in [0.2, 0.25) is 0 Å². The zero-order valence-corrected chi connectivity index (χ0v) is 19.9. The number of halogens is 1. The van der Waals surface area contributed by atoms with Crippen LogP contribution in [0.25, 0.3) is 0 Å². The number of carbonyl (C=O) groups is 2. The van der Waals surface area contributed by atoms with Crippen molar-refractivity contribution in [2.75, 3.05) is 32.6 Å². The number of nitrogens with one attached hydrogen (secondary N) is 2. The van der Waals surface area contributed by atoms with Gasteiger partial charge in [-0.25, -0.2) is 9.18 Å². The van der Waals surface area contributed by atoms with E-state index in [0.717, 1.165) is 16.7 Å². The third-order valence-electron chi connectivity index (χ3n) is 6.11. The fourth-order valence-electron chi connectivity index (χ4n) is 4.24. The standard InChI is InChI=1S/C27H28FN3O4/c1-17-7-9-21(10-8-17)30-27(33)31-12-11-18-14-24(34-2)25(35-3)15-22(18)23(31)16-29-26(32)19-5-4-6-20(28)13-19/h4-10,13-15,23H,11-12,16H2,1-3H3,(H,29,32)(H,30,33). The number of hydrogen-bond acceptors (Lipinski definition) is 4. The van der Waals surface area contributed by atoms with E-state index in [2.05, 4.69) is 10.6 Å². The maximum atomic E-state index is 13.6. The van der Waals surface area contributed by atoms with Crippen LogP contribution in [0.3, 0.4) is 0 Å². The maximum absolute atomic E-state index is 13.6. The Morgan fingerprint density at radius 1 is 1.03 bits per heavy atom. The lowest BCUT2D eigenvalue weighted by molar-refractivity contribution is 0.0936. The summed E-state index contributed by atoms with van der Waals surface area (Å²) in [6.07, 6.45) is 0.616. The molecule has 1 aliphatic rings. The predicted octanol–water partition coefficient (Wildman–Crippen LogP) is 4.71. The highest BCUT2D eigenvalue weighted by Crippen LogP contribution is 2.38. The smallest absolute Gasteiger partial charge is 0.322 e. The molecule has 3 aromatic rings. The summed E-state index contributed by atoms with van der Waals surface area (Å²) < 4.78 is 24.5. The van der Waals surface area contributed by atoms with E-state index in [1.54, 1.807) is 25.2 Å². The molecule has 0 fully saturated rings. The second-order valence-corrected chi connectivity index (χ2v) is 8.38. The molecule has 1 aliphatic heterocycles. The van der Waals surface area contributed by atoms with Gasteiger partial charge in [-0.05, 0) is 66.9 Å². The number of ether oxygens (including phenoxy) is 2. The molecule has 8 heteroatoms. The monoisotopic (exact) mass is 477 g/mol. The largest absolute Gasteiger partial charge is 0.493 e. The zero-order chi connectivity index (χ0) is 24.9. The summed E-state index contributed by atoms with van der Waals surface area (Å²) in [6.45, 7) is 2.56. The van der Waals surface area contributed by atoms with Crippen LogP contribution < -0.4 is 20.1 Å². The number of carbonyl (C=O) groups excluding carboxylic acids is 2. The van der Waals surface area contributed by atoms with Gasteiger partial charge in [-0.2, -0.15) is 0 Å². The molecule has 182 valence electrons. The number of anilines is 1. The molecule has 0 bridgehead atoms. The molecule has 1 heterocycles. The molecule has 0 spiro atoms. The summed E-state index contributed by atoms with van der Waals surface area (Å²) in [5.41, 5.74) is 3.85. The molecule has 1 atom stereocenters. The molecule has 7 nitrogen and oxygen atoms in total. The third-order valence-corrected chi connectivity index (χ3v) is 6.11. The van der Waals surface area contributed by atoms with Crippen LogP contribution in [-0.2, 0) is 6.42 Å². The van der Waals surface area contributed by atoms with Crippen LogP contribution in [-0.4, -0.2) is 44.1 Å². The number of urea groups is 1. The average molecular weight is 478 g/mol. The highest BCUT2D eigenvalue weighted by atomic mass is 19.1. The topological polar surface area (TPSA) is 79.9 Å². The van der Waals surface area contributed by atoms with E-state index in [-0.39, 0.29) is 18.1 Å². The van der Waals surface area contributed by atoms with Crippen LogP contribution in [0.1, 0.15) is 33.1 Å². The zero-order valence-electron chi connectivity index (χ0n) is 19.9. The number of fused-ring (bicyclic) bond motifs is 1. The molecule has 3 amide bonds. The van der Waals surface area contributed by atoms with Crippen LogP contribution in [0.15, 0.2) is 60.7 Å². The van der Waals surface area contributed by atoms with Gasteiger partial charge in [0.15, 0.2) is 11.5 Å². The Morgan fingerprint density at radius 3 is 2.43 bits per heavy atom. The quantitative estimate of drug-likeness (QED) is 0.539. The number of nitrogens with zero attached hydrogens (tertiary/aromatic N) is 1. The van der Waals surface area contributed by atoms with E-state index in [9.17, 15) is 14.0 Å². The molecule has 0 radical (unpaired) electrons. The van der Waals surface area contributed by atoms with E-state index < -0.39 is 17.8 Å². The Labute approximate surface area is 203 Å². The van der Waals surface area contributed by atoms with Crippen molar-refractivity contribution in [3.8, 4) is 11.5 Å². The van der Waals surface area contributed by atoms with Crippen molar-refractivity contribution in [3.05, 3.63) is 88.7 Å². The van der Waals surface area contributed by atoms with E-state index in [4.69, 9.17) is 9.47 Å². The molecular formula is C27H28FN3O4. The summed E-state index contributed by atoms with van der Waals surface area (Å²) in [7, 11) is 3.13. The lowest BCUT2D eigenvalue weighted by Crippen LogP contribution is -2.46. The fourth-order valence-corrected chi connectivity index (χ4v) is 4.24. The van der Waals surface area contributed by atoms with Crippen molar-refractivity contribution in [2.45, 2.75) is 19.4 Å². The van der Waals surface area contributed by atoms with Gasteiger partial charge in [0.05, 0.1) is 20.3 Å². The van der Waals surface area contributed by atoms with Gasteiger partial charge in [-0.1, -0.05) is 23.8 Å². The van der Waals surface area contributed by atoms with Crippen molar-refractivity contribution in [1.29, 1.82) is 0 Å². The first-order valence-corrected chi connectivity index (χ1v) is 11.3. The van der Waals surface area contributed by atoms with Crippen LogP contribution >= 0.6 is 0 Å². The minimum atomic E-state index is -0.489. The van der Waals surface area contributed by atoms with E-state index in [1.165, 1.54) is 18.2 Å². The first-order chi connectivity index (χ1) is 16.9.